The van der Waals surface area contributed by atoms with Crippen LogP contribution >= 0.6 is 22.9 Å². The Bertz CT molecular complexity index is 974. The highest BCUT2D eigenvalue weighted by atomic mass is 35.5. The number of nitro benzene ring substituents is 1. The largest absolute Gasteiger partial charge is 0.494 e. The number of hydrogen-bond donors (Lipinski definition) is 1. The van der Waals surface area contributed by atoms with Crippen molar-refractivity contribution in [3.05, 3.63) is 51.5 Å². The number of benzene rings is 2. The lowest BCUT2D eigenvalue weighted by atomic mass is 10.3. The summed E-state index contributed by atoms with van der Waals surface area (Å²) in [4.78, 5) is 26.7. The minimum absolute atomic E-state index is 0.109. The fourth-order valence-electron chi connectivity index (χ4n) is 2.13. The maximum atomic E-state index is 12.0. The number of aromatic nitrogens is 1. The van der Waals surface area contributed by atoms with Gasteiger partial charge in [0.1, 0.15) is 11.3 Å². The van der Waals surface area contributed by atoms with E-state index < -0.39 is 10.8 Å². The quantitative estimate of drug-likeness (QED) is 0.503. The van der Waals surface area contributed by atoms with Crippen molar-refractivity contribution in [1.82, 2.24) is 4.98 Å². The second kappa shape index (κ2) is 7.54. The van der Waals surface area contributed by atoms with Crippen molar-refractivity contribution in [3.8, 4) is 11.5 Å². The van der Waals surface area contributed by atoms with E-state index in [2.05, 4.69) is 10.3 Å². The summed E-state index contributed by atoms with van der Waals surface area (Å²) in [6, 6.07) is 9.28. The third-order valence-electron chi connectivity index (χ3n) is 3.31. The molecular formula is C16H12ClN3O5S. The number of thiazole rings is 1. The van der Waals surface area contributed by atoms with Crippen LogP contribution in [0.3, 0.4) is 0 Å². The number of ether oxygens (including phenoxy) is 2. The van der Waals surface area contributed by atoms with E-state index in [1.54, 1.807) is 24.3 Å². The van der Waals surface area contributed by atoms with Gasteiger partial charge < -0.3 is 9.47 Å². The number of non-ortho nitro benzene ring substituents is 1. The highest BCUT2D eigenvalue weighted by Crippen LogP contribution is 2.36. The third-order valence-corrected chi connectivity index (χ3v) is 4.48. The van der Waals surface area contributed by atoms with Crippen LogP contribution in [0.1, 0.15) is 0 Å². The smallest absolute Gasteiger partial charge is 0.274 e. The monoisotopic (exact) mass is 393 g/mol. The summed E-state index contributed by atoms with van der Waals surface area (Å²) < 4.78 is 11.0. The summed E-state index contributed by atoms with van der Waals surface area (Å²) in [5.74, 6) is 0.363. The number of nitrogens with one attached hydrogen (secondary N) is 1. The number of nitrogens with zero attached hydrogens (tertiary/aromatic N) is 2. The lowest BCUT2D eigenvalue weighted by Crippen LogP contribution is -2.19. The van der Waals surface area contributed by atoms with Gasteiger partial charge in [0.05, 0.1) is 22.8 Å². The first kappa shape index (κ1) is 17.9. The molecule has 1 heterocycles. The van der Waals surface area contributed by atoms with E-state index in [1.807, 2.05) is 0 Å². The molecule has 26 heavy (non-hydrogen) atoms. The summed E-state index contributed by atoms with van der Waals surface area (Å²) in [5, 5.41) is 14.4. The fourth-order valence-corrected chi connectivity index (χ4v) is 3.19. The van der Waals surface area contributed by atoms with E-state index in [1.165, 1.54) is 19.2 Å². The zero-order valence-corrected chi connectivity index (χ0v) is 15.0. The van der Waals surface area contributed by atoms with Gasteiger partial charge in [-0.2, -0.15) is 0 Å². The van der Waals surface area contributed by atoms with E-state index in [4.69, 9.17) is 21.1 Å². The minimum Gasteiger partial charge on any atom is -0.494 e. The van der Waals surface area contributed by atoms with E-state index in [0.29, 0.717) is 26.1 Å². The molecule has 0 aliphatic rings. The standard InChI is InChI=1S/C16H12ClN3O5S/c1-24-12-6-10(20(22)23)7-13-15(12)19-16(26-13)18-14(21)8-25-11-4-2-9(17)3-5-11/h2-7H,8H2,1H3,(H,18,19,21). The molecule has 3 rings (SSSR count). The number of amides is 1. The molecule has 0 atom stereocenters. The Hall–Kier alpha value is -2.91. The molecule has 0 saturated carbocycles. The van der Waals surface area contributed by atoms with E-state index >= 15 is 0 Å². The Kier molecular flexibility index (Phi) is 5.19. The van der Waals surface area contributed by atoms with Crippen LogP contribution in [0.5, 0.6) is 11.5 Å². The zero-order chi connectivity index (χ0) is 18.7. The van der Waals surface area contributed by atoms with Gasteiger partial charge in [0.25, 0.3) is 11.6 Å². The molecule has 134 valence electrons. The number of nitro groups is 1. The number of methoxy groups -OCH3 is 1. The fraction of sp³-hybridized carbons (Fsp3) is 0.125. The minimum atomic E-state index is -0.514. The Labute approximate surface area is 156 Å². The molecule has 0 bridgehead atoms. The van der Waals surface area contributed by atoms with Crippen molar-refractivity contribution in [2.75, 3.05) is 19.0 Å². The van der Waals surface area contributed by atoms with Gasteiger partial charge >= 0.3 is 0 Å². The number of rotatable bonds is 6. The van der Waals surface area contributed by atoms with Crippen LogP contribution in [-0.2, 0) is 4.79 Å². The van der Waals surface area contributed by atoms with Gasteiger partial charge in [0, 0.05) is 11.1 Å². The molecular weight excluding hydrogens is 382 g/mol. The lowest BCUT2D eigenvalue weighted by Gasteiger charge is -2.05. The van der Waals surface area contributed by atoms with Crippen molar-refractivity contribution in [1.29, 1.82) is 0 Å². The Balaban J connectivity index is 1.72. The van der Waals surface area contributed by atoms with Gasteiger partial charge in [-0.05, 0) is 24.3 Å². The van der Waals surface area contributed by atoms with Crippen LogP contribution in [0.25, 0.3) is 10.2 Å². The average molecular weight is 394 g/mol. The number of halogens is 1. The first-order valence-electron chi connectivity index (χ1n) is 7.27. The molecule has 0 aliphatic carbocycles. The average Bonchev–Trinajstić information content (AvgIpc) is 3.02. The molecule has 10 heteroatoms. The summed E-state index contributed by atoms with van der Waals surface area (Å²) in [5.41, 5.74) is 0.332. The molecule has 1 amide bonds. The Morgan fingerprint density at radius 1 is 1.35 bits per heavy atom. The highest BCUT2D eigenvalue weighted by molar-refractivity contribution is 7.22. The molecule has 1 aromatic heterocycles. The van der Waals surface area contributed by atoms with Gasteiger partial charge in [0.15, 0.2) is 17.5 Å². The van der Waals surface area contributed by atoms with Gasteiger partial charge in [0.2, 0.25) is 0 Å². The van der Waals surface area contributed by atoms with Gasteiger partial charge in [-0.3, -0.25) is 20.2 Å². The van der Waals surface area contributed by atoms with Crippen molar-refractivity contribution in [3.63, 3.8) is 0 Å². The van der Waals surface area contributed by atoms with Gasteiger partial charge in [-0.25, -0.2) is 4.98 Å². The predicted molar refractivity (Wildman–Crippen MR) is 98.4 cm³/mol. The van der Waals surface area contributed by atoms with E-state index in [0.717, 1.165) is 11.3 Å². The summed E-state index contributed by atoms with van der Waals surface area (Å²) in [6.45, 7) is -0.213. The van der Waals surface area contributed by atoms with Crippen molar-refractivity contribution in [2.24, 2.45) is 0 Å². The number of carbonyl (C=O) groups excluding carboxylic acids is 1. The van der Waals surface area contributed by atoms with Crippen LogP contribution in [0.15, 0.2) is 36.4 Å². The second-order valence-corrected chi connectivity index (χ2v) is 6.53. The van der Waals surface area contributed by atoms with Crippen LogP contribution in [-0.4, -0.2) is 29.5 Å². The van der Waals surface area contributed by atoms with Crippen LogP contribution < -0.4 is 14.8 Å². The SMILES string of the molecule is COc1cc([N+](=O)[O-])cc2sc(NC(=O)COc3ccc(Cl)cc3)nc12. The molecule has 0 aliphatic heterocycles. The van der Waals surface area contributed by atoms with E-state index in [9.17, 15) is 14.9 Å². The van der Waals surface area contributed by atoms with Crippen molar-refractivity contribution < 1.29 is 19.2 Å². The topological polar surface area (TPSA) is 104 Å². The summed E-state index contributed by atoms with van der Waals surface area (Å²) in [7, 11) is 1.40. The van der Waals surface area contributed by atoms with Crippen LogP contribution in [0, 0.1) is 10.1 Å². The first-order valence-corrected chi connectivity index (χ1v) is 8.47. The molecule has 0 fully saturated rings. The Morgan fingerprint density at radius 3 is 2.73 bits per heavy atom. The normalized spacial score (nSPS) is 10.5. The number of hydrogen-bond acceptors (Lipinski definition) is 7. The van der Waals surface area contributed by atoms with Gasteiger partial charge in [-0.1, -0.05) is 22.9 Å². The van der Waals surface area contributed by atoms with E-state index in [-0.39, 0.29) is 18.0 Å². The molecule has 0 unspecified atom stereocenters. The molecule has 8 nitrogen and oxygen atoms in total. The maximum absolute atomic E-state index is 12.0. The Morgan fingerprint density at radius 2 is 2.08 bits per heavy atom. The molecule has 1 N–H and O–H groups in total. The first-order chi connectivity index (χ1) is 12.5. The molecule has 0 radical (unpaired) electrons. The number of carbonyl (C=O) groups is 1. The molecule has 3 aromatic rings. The number of anilines is 1. The van der Waals surface area contributed by atoms with Crippen molar-refractivity contribution >= 4 is 49.9 Å². The second-order valence-electron chi connectivity index (χ2n) is 5.06. The lowest BCUT2D eigenvalue weighted by molar-refractivity contribution is -0.384. The third kappa shape index (κ3) is 4.01. The zero-order valence-electron chi connectivity index (χ0n) is 13.4. The molecule has 2 aromatic carbocycles. The van der Waals surface area contributed by atoms with Crippen molar-refractivity contribution in [2.45, 2.75) is 0 Å². The van der Waals surface area contributed by atoms with Gasteiger partial charge in [-0.15, -0.1) is 0 Å². The van der Waals surface area contributed by atoms with Crippen LogP contribution in [0.2, 0.25) is 5.02 Å². The number of fused-ring (bicyclic) bond motifs is 1. The molecule has 0 saturated heterocycles. The summed E-state index contributed by atoms with van der Waals surface area (Å²) >= 11 is 6.89. The van der Waals surface area contributed by atoms with Crippen LogP contribution in [0.4, 0.5) is 10.8 Å². The predicted octanol–water partition coefficient (Wildman–Crippen LogP) is 3.88. The summed E-state index contributed by atoms with van der Waals surface area (Å²) in [6.07, 6.45) is 0. The highest BCUT2D eigenvalue weighted by Gasteiger charge is 2.17. The molecule has 0 spiro atoms. The maximum Gasteiger partial charge on any atom is 0.274 e.